The highest BCUT2D eigenvalue weighted by Crippen LogP contribution is 2.38. The number of hydrogen-bond donors (Lipinski definition) is 0. The Morgan fingerprint density at radius 2 is 2.21 bits per heavy atom. The number of amides is 1. The molecule has 2 atom stereocenters. The number of non-ortho nitro benzene ring substituents is 1. The molecule has 5 nitrogen and oxygen atoms in total. The van der Waals surface area contributed by atoms with Crippen molar-refractivity contribution < 1.29 is 9.72 Å². The van der Waals surface area contributed by atoms with Gasteiger partial charge in [-0.1, -0.05) is 0 Å². The normalized spacial score (nSPS) is 24.8. The third-order valence-corrected chi connectivity index (χ3v) is 5.00. The summed E-state index contributed by atoms with van der Waals surface area (Å²) in [4.78, 5) is 24.8. The molecule has 1 aliphatic heterocycles. The summed E-state index contributed by atoms with van der Waals surface area (Å²) in [6.07, 6.45) is 3.37. The van der Waals surface area contributed by atoms with Gasteiger partial charge < -0.3 is 4.90 Å². The maximum Gasteiger partial charge on any atom is 0.270 e. The van der Waals surface area contributed by atoms with Crippen LogP contribution >= 0.6 is 22.6 Å². The van der Waals surface area contributed by atoms with Gasteiger partial charge in [-0.25, -0.2) is 0 Å². The lowest BCUT2D eigenvalue weighted by atomic mass is 10.1. The van der Waals surface area contributed by atoms with E-state index in [9.17, 15) is 14.9 Å². The summed E-state index contributed by atoms with van der Waals surface area (Å²) in [5.41, 5.74) is 0.440. The highest BCUT2D eigenvalue weighted by Gasteiger charge is 2.40. The Bertz CT molecular complexity index is 561. The van der Waals surface area contributed by atoms with Gasteiger partial charge in [-0.3, -0.25) is 14.9 Å². The average molecular weight is 372 g/mol. The number of carbonyl (C=O) groups is 1. The molecule has 1 heterocycles. The second-order valence-electron chi connectivity index (χ2n) is 5.21. The van der Waals surface area contributed by atoms with Gasteiger partial charge in [0.25, 0.3) is 11.6 Å². The van der Waals surface area contributed by atoms with E-state index < -0.39 is 4.92 Å². The summed E-state index contributed by atoms with van der Waals surface area (Å²) in [6.45, 7) is 0.808. The molecule has 0 aromatic heterocycles. The summed E-state index contributed by atoms with van der Waals surface area (Å²) in [5, 5.41) is 10.8. The van der Waals surface area contributed by atoms with Gasteiger partial charge in [0.2, 0.25) is 0 Å². The highest BCUT2D eigenvalue weighted by atomic mass is 127. The monoisotopic (exact) mass is 372 g/mol. The largest absolute Gasteiger partial charge is 0.335 e. The first kappa shape index (κ1) is 12.8. The molecule has 2 aliphatic rings. The molecule has 0 spiro atoms. The smallest absolute Gasteiger partial charge is 0.270 e. The number of halogens is 1. The van der Waals surface area contributed by atoms with E-state index in [1.165, 1.54) is 18.6 Å². The number of carbonyl (C=O) groups excluding carboxylic acids is 1. The minimum atomic E-state index is -0.455. The van der Waals surface area contributed by atoms with Crippen LogP contribution < -0.4 is 0 Å². The summed E-state index contributed by atoms with van der Waals surface area (Å²) < 4.78 is 0.774. The zero-order valence-electron chi connectivity index (χ0n) is 10.2. The first-order valence-corrected chi connectivity index (χ1v) is 7.39. The number of piperidine rings is 1. The van der Waals surface area contributed by atoms with Crippen LogP contribution in [0.1, 0.15) is 29.6 Å². The number of rotatable bonds is 2. The molecule has 0 N–H and O–H groups in total. The van der Waals surface area contributed by atoms with Gasteiger partial charge >= 0.3 is 0 Å². The second-order valence-corrected chi connectivity index (χ2v) is 6.37. The van der Waals surface area contributed by atoms with E-state index in [-0.39, 0.29) is 11.6 Å². The SMILES string of the molecule is O=C(c1cc([N+](=O)[O-])ccc1I)N1CC2CCC1C2. The number of nitro benzene ring substituents is 1. The van der Waals surface area contributed by atoms with Crippen LogP contribution in [-0.2, 0) is 0 Å². The second kappa shape index (κ2) is 4.73. The van der Waals surface area contributed by atoms with Crippen molar-refractivity contribution >= 4 is 34.2 Å². The molecule has 2 fully saturated rings. The number of fused-ring (bicyclic) bond motifs is 2. The first-order chi connectivity index (χ1) is 9.06. The fraction of sp³-hybridized carbons (Fsp3) is 0.462. The molecule has 1 aromatic carbocycles. The molecular formula is C13H13IN2O3. The van der Waals surface area contributed by atoms with Crippen LogP contribution in [-0.4, -0.2) is 28.3 Å². The standard InChI is InChI=1S/C13H13IN2O3/c14-12-4-3-10(16(18)19)6-11(12)13(17)15-7-8-1-2-9(15)5-8/h3-4,6,8-9H,1-2,5,7H2. The van der Waals surface area contributed by atoms with Crippen molar-refractivity contribution in [1.29, 1.82) is 0 Å². The summed E-state index contributed by atoms with van der Waals surface area (Å²) in [6, 6.07) is 4.82. The zero-order valence-corrected chi connectivity index (χ0v) is 12.4. The predicted octanol–water partition coefficient (Wildman–Crippen LogP) is 2.82. The Hall–Kier alpha value is -1.18. The predicted molar refractivity (Wildman–Crippen MR) is 78.0 cm³/mol. The Kier molecular flexibility index (Phi) is 3.20. The lowest BCUT2D eigenvalue weighted by Crippen LogP contribution is -2.38. The summed E-state index contributed by atoms with van der Waals surface area (Å²) >= 11 is 2.06. The maximum atomic E-state index is 12.5. The number of likely N-dealkylation sites (tertiary alicyclic amines) is 1. The average Bonchev–Trinajstić information content (AvgIpc) is 3.00. The molecule has 1 saturated carbocycles. The van der Waals surface area contributed by atoms with E-state index in [1.807, 2.05) is 4.90 Å². The Morgan fingerprint density at radius 3 is 2.79 bits per heavy atom. The summed E-state index contributed by atoms with van der Waals surface area (Å²) in [7, 11) is 0. The van der Waals surface area contributed by atoms with E-state index in [1.54, 1.807) is 6.07 Å². The maximum absolute atomic E-state index is 12.5. The van der Waals surface area contributed by atoms with Crippen LogP contribution in [0.15, 0.2) is 18.2 Å². The number of nitrogens with zero attached hydrogens (tertiary/aromatic N) is 2. The molecule has 0 radical (unpaired) electrons. The van der Waals surface area contributed by atoms with Crippen molar-refractivity contribution in [2.45, 2.75) is 25.3 Å². The van der Waals surface area contributed by atoms with Gasteiger partial charge in [-0.2, -0.15) is 0 Å². The van der Waals surface area contributed by atoms with Crippen LogP contribution in [0, 0.1) is 19.6 Å². The highest BCUT2D eigenvalue weighted by molar-refractivity contribution is 14.1. The van der Waals surface area contributed by atoms with Crippen LogP contribution in [0.2, 0.25) is 0 Å². The van der Waals surface area contributed by atoms with Crippen molar-refractivity contribution in [2.24, 2.45) is 5.92 Å². The fourth-order valence-electron chi connectivity index (χ4n) is 3.12. The van der Waals surface area contributed by atoms with Gasteiger partial charge in [-0.05, 0) is 53.8 Å². The van der Waals surface area contributed by atoms with Crippen molar-refractivity contribution in [1.82, 2.24) is 4.90 Å². The molecule has 3 rings (SSSR count). The van der Waals surface area contributed by atoms with Crippen molar-refractivity contribution in [2.75, 3.05) is 6.54 Å². The molecule has 1 aliphatic carbocycles. The van der Waals surface area contributed by atoms with Crippen molar-refractivity contribution in [3.05, 3.63) is 37.4 Å². The van der Waals surface area contributed by atoms with E-state index in [0.29, 0.717) is 17.5 Å². The number of hydrogen-bond acceptors (Lipinski definition) is 3. The fourth-order valence-corrected chi connectivity index (χ4v) is 3.69. The van der Waals surface area contributed by atoms with E-state index in [2.05, 4.69) is 22.6 Å². The third-order valence-electron chi connectivity index (χ3n) is 4.06. The molecular weight excluding hydrogens is 359 g/mol. The Labute approximate surface area is 124 Å². The van der Waals surface area contributed by atoms with Crippen molar-refractivity contribution in [3.8, 4) is 0 Å². The molecule has 1 saturated heterocycles. The van der Waals surface area contributed by atoms with E-state index >= 15 is 0 Å². The van der Waals surface area contributed by atoms with Crippen LogP contribution in [0.4, 0.5) is 5.69 Å². The van der Waals surface area contributed by atoms with Crippen LogP contribution in [0.3, 0.4) is 0 Å². The molecule has 100 valence electrons. The lowest BCUT2D eigenvalue weighted by molar-refractivity contribution is -0.384. The van der Waals surface area contributed by atoms with Crippen molar-refractivity contribution in [3.63, 3.8) is 0 Å². The molecule has 19 heavy (non-hydrogen) atoms. The lowest BCUT2D eigenvalue weighted by Gasteiger charge is -2.27. The Morgan fingerprint density at radius 1 is 1.42 bits per heavy atom. The third kappa shape index (κ3) is 2.22. The minimum absolute atomic E-state index is 0.0203. The Balaban J connectivity index is 1.91. The van der Waals surface area contributed by atoms with Crippen LogP contribution in [0.5, 0.6) is 0 Å². The molecule has 1 amide bonds. The van der Waals surface area contributed by atoms with Gasteiger partial charge in [0, 0.05) is 28.3 Å². The van der Waals surface area contributed by atoms with Gasteiger partial charge in [0.05, 0.1) is 10.5 Å². The quantitative estimate of drug-likeness (QED) is 0.456. The zero-order chi connectivity index (χ0) is 13.6. The van der Waals surface area contributed by atoms with Gasteiger partial charge in [0.1, 0.15) is 0 Å². The molecule has 2 bridgehead atoms. The number of nitro groups is 1. The molecule has 6 heteroatoms. The van der Waals surface area contributed by atoms with Crippen LogP contribution in [0.25, 0.3) is 0 Å². The van der Waals surface area contributed by atoms with Gasteiger partial charge in [-0.15, -0.1) is 0 Å². The van der Waals surface area contributed by atoms with E-state index in [0.717, 1.165) is 23.0 Å². The number of benzene rings is 1. The van der Waals surface area contributed by atoms with Gasteiger partial charge in [0.15, 0.2) is 0 Å². The molecule has 2 unspecified atom stereocenters. The minimum Gasteiger partial charge on any atom is -0.335 e. The first-order valence-electron chi connectivity index (χ1n) is 6.31. The topological polar surface area (TPSA) is 63.4 Å². The molecule has 1 aromatic rings. The summed E-state index contributed by atoms with van der Waals surface area (Å²) in [5.74, 6) is 0.575. The van der Waals surface area contributed by atoms with E-state index in [4.69, 9.17) is 0 Å².